The van der Waals surface area contributed by atoms with E-state index in [1.807, 2.05) is 0 Å². The van der Waals surface area contributed by atoms with Gasteiger partial charge in [-0.3, -0.25) is 4.79 Å². The molecule has 3 N–H and O–H groups in total. The fourth-order valence-corrected chi connectivity index (χ4v) is 1.51. The molecule has 1 rings (SSSR count). The third-order valence-electron chi connectivity index (χ3n) is 2.60. The topological polar surface area (TPSA) is 90.7 Å². The van der Waals surface area contributed by atoms with Gasteiger partial charge in [-0.1, -0.05) is 0 Å². The second-order valence-electron chi connectivity index (χ2n) is 3.76. The van der Waals surface area contributed by atoms with Crippen LogP contribution in [0.5, 0.6) is 0 Å². The number of nitrogens with one attached hydrogen (secondary N) is 1. The predicted octanol–water partition coefficient (Wildman–Crippen LogP) is -0.830. The van der Waals surface area contributed by atoms with Crippen LogP contribution in [0.25, 0.3) is 0 Å². The lowest BCUT2D eigenvalue weighted by atomic mass is 9.89. The summed E-state index contributed by atoms with van der Waals surface area (Å²) >= 11 is 0. The highest BCUT2D eigenvalue weighted by molar-refractivity contribution is 6.01. The summed E-state index contributed by atoms with van der Waals surface area (Å²) < 4.78 is 9.72. The molecule has 1 atom stereocenters. The van der Waals surface area contributed by atoms with Gasteiger partial charge in [0.15, 0.2) is 6.04 Å². The van der Waals surface area contributed by atoms with Gasteiger partial charge in [-0.25, -0.2) is 4.79 Å². The first kappa shape index (κ1) is 12.9. The number of rotatable bonds is 5. The largest absolute Gasteiger partial charge is 0.464 e. The summed E-state index contributed by atoms with van der Waals surface area (Å²) in [4.78, 5) is 22.6. The molecule has 1 aliphatic carbocycles. The number of hydrogen-bond donors (Lipinski definition) is 2. The van der Waals surface area contributed by atoms with Crippen molar-refractivity contribution in [1.29, 1.82) is 0 Å². The smallest absolute Gasteiger partial charge is 0.332 e. The first-order chi connectivity index (χ1) is 7.58. The monoisotopic (exact) mass is 230 g/mol. The van der Waals surface area contributed by atoms with Crippen molar-refractivity contribution in [3.63, 3.8) is 0 Å². The Morgan fingerprint density at radius 3 is 2.62 bits per heavy atom. The van der Waals surface area contributed by atoms with Crippen LogP contribution in [-0.2, 0) is 19.1 Å². The van der Waals surface area contributed by atoms with Gasteiger partial charge in [0.05, 0.1) is 12.7 Å². The lowest BCUT2D eigenvalue weighted by Crippen LogP contribution is -2.54. The van der Waals surface area contributed by atoms with Gasteiger partial charge < -0.3 is 20.5 Å². The molecule has 1 fully saturated rings. The Morgan fingerprint density at radius 2 is 2.12 bits per heavy atom. The van der Waals surface area contributed by atoms with Crippen molar-refractivity contribution >= 4 is 11.9 Å². The fraction of sp³-hybridized carbons (Fsp3) is 0.800. The third kappa shape index (κ3) is 3.18. The summed E-state index contributed by atoms with van der Waals surface area (Å²) in [6, 6.07) is -1.18. The van der Waals surface area contributed by atoms with Gasteiger partial charge in [0, 0.05) is 13.2 Å². The van der Waals surface area contributed by atoms with Gasteiger partial charge in [0.1, 0.15) is 0 Å². The molecule has 6 nitrogen and oxygen atoms in total. The van der Waals surface area contributed by atoms with E-state index in [1.165, 1.54) is 0 Å². The molecule has 16 heavy (non-hydrogen) atoms. The van der Waals surface area contributed by atoms with Gasteiger partial charge in [-0.2, -0.15) is 0 Å². The number of methoxy groups -OCH3 is 1. The van der Waals surface area contributed by atoms with E-state index in [0.29, 0.717) is 0 Å². The summed E-state index contributed by atoms with van der Waals surface area (Å²) in [5.41, 5.74) is 5.42. The van der Waals surface area contributed by atoms with E-state index < -0.39 is 17.9 Å². The Balaban J connectivity index is 2.27. The van der Waals surface area contributed by atoms with Crippen molar-refractivity contribution in [3.8, 4) is 0 Å². The minimum Gasteiger partial charge on any atom is -0.464 e. The lowest BCUT2D eigenvalue weighted by molar-refractivity contribution is -0.148. The minimum atomic E-state index is -1.23. The van der Waals surface area contributed by atoms with Gasteiger partial charge in [-0.05, 0) is 19.8 Å². The Labute approximate surface area is 94.5 Å². The minimum absolute atomic E-state index is 0.0536. The van der Waals surface area contributed by atoms with Crippen molar-refractivity contribution in [2.75, 3.05) is 13.7 Å². The van der Waals surface area contributed by atoms with Gasteiger partial charge in [0.2, 0.25) is 5.91 Å². The van der Waals surface area contributed by atoms with Crippen molar-refractivity contribution in [1.82, 2.24) is 5.32 Å². The molecule has 0 aromatic carbocycles. The highest BCUT2D eigenvalue weighted by Gasteiger charge is 2.33. The number of nitrogens with two attached hydrogens (primary N) is 1. The second kappa shape index (κ2) is 5.81. The zero-order valence-corrected chi connectivity index (χ0v) is 9.56. The summed E-state index contributed by atoms with van der Waals surface area (Å²) in [6.45, 7) is 1.88. The lowest BCUT2D eigenvalue weighted by Gasteiger charge is -2.34. The molecule has 0 radical (unpaired) electrons. The predicted molar refractivity (Wildman–Crippen MR) is 56.6 cm³/mol. The maximum Gasteiger partial charge on any atom is 0.332 e. The Hall–Kier alpha value is -1.14. The van der Waals surface area contributed by atoms with E-state index in [-0.39, 0.29) is 18.8 Å². The van der Waals surface area contributed by atoms with Crippen LogP contribution in [0, 0.1) is 0 Å². The molecule has 92 valence electrons. The fourth-order valence-electron chi connectivity index (χ4n) is 1.51. The summed E-state index contributed by atoms with van der Waals surface area (Å²) in [6.07, 6.45) is 1.72. The molecular formula is C10H18N2O4. The van der Waals surface area contributed by atoms with Crippen molar-refractivity contribution in [3.05, 3.63) is 0 Å². The molecule has 1 aliphatic rings. The molecule has 0 bridgehead atoms. The van der Waals surface area contributed by atoms with Crippen LogP contribution in [0.3, 0.4) is 0 Å². The molecule has 0 spiro atoms. The molecule has 0 aromatic rings. The van der Waals surface area contributed by atoms with E-state index in [2.05, 4.69) is 10.1 Å². The molecule has 1 unspecified atom stereocenters. The third-order valence-corrected chi connectivity index (χ3v) is 2.60. The molecule has 0 aliphatic heterocycles. The number of ether oxygens (including phenoxy) is 2. The van der Waals surface area contributed by atoms with Crippen LogP contribution < -0.4 is 11.1 Å². The van der Waals surface area contributed by atoms with Crippen molar-refractivity contribution in [2.24, 2.45) is 5.73 Å². The Morgan fingerprint density at radius 1 is 1.50 bits per heavy atom. The van der Waals surface area contributed by atoms with E-state index in [1.54, 1.807) is 14.0 Å². The molecule has 6 heteroatoms. The molecule has 0 saturated heterocycles. The quantitative estimate of drug-likeness (QED) is 0.475. The maximum absolute atomic E-state index is 11.5. The maximum atomic E-state index is 11.5. The van der Waals surface area contributed by atoms with Crippen LogP contribution in [0.2, 0.25) is 0 Å². The average Bonchev–Trinajstić information content (AvgIpc) is 2.21. The molecule has 0 heterocycles. The number of amides is 1. The Bertz CT molecular complexity index is 264. The van der Waals surface area contributed by atoms with E-state index in [9.17, 15) is 9.59 Å². The molecule has 1 saturated carbocycles. The molecule has 0 aromatic heterocycles. The first-order valence-electron chi connectivity index (χ1n) is 5.33. The number of carbonyl (C=O) groups excluding carboxylic acids is 2. The average molecular weight is 230 g/mol. The molecular weight excluding hydrogens is 212 g/mol. The van der Waals surface area contributed by atoms with E-state index in [0.717, 1.165) is 12.8 Å². The SMILES string of the molecule is CCOC(=O)C(N)C(=O)NC1CC(OC)C1. The van der Waals surface area contributed by atoms with Crippen molar-refractivity contribution in [2.45, 2.75) is 38.0 Å². The standard InChI is InChI=1S/C10H18N2O4/c1-3-16-10(14)8(11)9(13)12-6-4-7(5-6)15-2/h6-8H,3-5,11H2,1-2H3,(H,12,13). The van der Waals surface area contributed by atoms with Gasteiger partial charge in [-0.15, -0.1) is 0 Å². The van der Waals surface area contributed by atoms with E-state index >= 15 is 0 Å². The van der Waals surface area contributed by atoms with Crippen LogP contribution in [0.15, 0.2) is 0 Å². The number of hydrogen-bond acceptors (Lipinski definition) is 5. The highest BCUT2D eigenvalue weighted by Crippen LogP contribution is 2.22. The number of carbonyl (C=O) groups is 2. The van der Waals surface area contributed by atoms with Crippen LogP contribution in [0.1, 0.15) is 19.8 Å². The Kier molecular flexibility index (Phi) is 4.70. The van der Waals surface area contributed by atoms with Crippen LogP contribution >= 0.6 is 0 Å². The molecule has 1 amide bonds. The van der Waals surface area contributed by atoms with Gasteiger partial charge >= 0.3 is 5.97 Å². The van der Waals surface area contributed by atoms with Gasteiger partial charge in [0.25, 0.3) is 0 Å². The normalized spacial score (nSPS) is 25.4. The number of esters is 1. The van der Waals surface area contributed by atoms with Crippen LogP contribution in [0.4, 0.5) is 0 Å². The van der Waals surface area contributed by atoms with Crippen LogP contribution in [-0.4, -0.2) is 43.8 Å². The second-order valence-corrected chi connectivity index (χ2v) is 3.76. The zero-order chi connectivity index (χ0) is 12.1. The van der Waals surface area contributed by atoms with Crippen molar-refractivity contribution < 1.29 is 19.1 Å². The zero-order valence-electron chi connectivity index (χ0n) is 9.56. The summed E-state index contributed by atoms with van der Waals surface area (Å²) in [5.74, 6) is -1.18. The summed E-state index contributed by atoms with van der Waals surface area (Å²) in [7, 11) is 1.63. The van der Waals surface area contributed by atoms with E-state index in [4.69, 9.17) is 10.5 Å². The highest BCUT2D eigenvalue weighted by atomic mass is 16.5. The summed E-state index contributed by atoms with van der Waals surface area (Å²) in [5, 5.41) is 2.67. The first-order valence-corrected chi connectivity index (χ1v) is 5.33.